The van der Waals surface area contributed by atoms with Gasteiger partial charge in [-0.2, -0.15) is 0 Å². The first-order chi connectivity index (χ1) is 14.3. The van der Waals surface area contributed by atoms with Gasteiger partial charge in [0.2, 0.25) is 0 Å². The third kappa shape index (κ3) is 3.27. The van der Waals surface area contributed by atoms with Crippen molar-refractivity contribution in [2.45, 2.75) is 24.8 Å². The average Bonchev–Trinajstić information content (AvgIpc) is 2.94. The molecule has 4 rings (SSSR count). The number of rotatable bonds is 4. The molecule has 0 aliphatic carbocycles. The molecule has 1 aliphatic heterocycles. The second-order valence-electron chi connectivity index (χ2n) is 7.28. The van der Waals surface area contributed by atoms with Gasteiger partial charge in [0.15, 0.2) is 0 Å². The molecule has 0 unspecified atom stereocenters. The van der Waals surface area contributed by atoms with Crippen LogP contribution in [0.4, 0.5) is 5.69 Å². The van der Waals surface area contributed by atoms with Gasteiger partial charge in [0.1, 0.15) is 4.90 Å². The van der Waals surface area contributed by atoms with E-state index in [-0.39, 0.29) is 16.0 Å². The molecule has 3 aromatic carbocycles. The summed E-state index contributed by atoms with van der Waals surface area (Å²) in [6.45, 7) is 3.27. The van der Waals surface area contributed by atoms with E-state index in [1.165, 1.54) is 18.2 Å². The molecule has 1 aliphatic rings. The van der Waals surface area contributed by atoms with Crippen LogP contribution in [0.5, 0.6) is 0 Å². The molecule has 0 radical (unpaired) electrons. The standard InChI is InChI=1S/C23H20N2O4S/c1-15(2)25-23(27)19-13-12-17(14-21(19)30(25,28)29)22(26)24-20-11-7-6-10-18(20)16-8-4-3-5-9-16/h3-15H,1-2H3,(H,24,26). The zero-order valence-corrected chi connectivity index (χ0v) is 17.3. The van der Waals surface area contributed by atoms with E-state index in [9.17, 15) is 18.0 Å². The molecule has 0 aromatic heterocycles. The monoisotopic (exact) mass is 420 g/mol. The van der Waals surface area contributed by atoms with E-state index in [0.29, 0.717) is 5.69 Å². The second kappa shape index (κ2) is 7.42. The predicted octanol–water partition coefficient (Wildman–Crippen LogP) is 4.16. The van der Waals surface area contributed by atoms with Crippen molar-refractivity contribution in [1.29, 1.82) is 0 Å². The highest BCUT2D eigenvalue weighted by Crippen LogP contribution is 2.33. The van der Waals surface area contributed by atoms with Gasteiger partial charge < -0.3 is 5.32 Å². The largest absolute Gasteiger partial charge is 0.321 e. The van der Waals surface area contributed by atoms with Gasteiger partial charge in [-0.3, -0.25) is 9.59 Å². The highest BCUT2D eigenvalue weighted by molar-refractivity contribution is 7.90. The maximum atomic E-state index is 12.9. The first-order valence-corrected chi connectivity index (χ1v) is 10.9. The lowest BCUT2D eigenvalue weighted by Gasteiger charge is -2.18. The summed E-state index contributed by atoms with van der Waals surface area (Å²) < 4.78 is 26.4. The number of nitrogens with one attached hydrogen (secondary N) is 1. The van der Waals surface area contributed by atoms with Crippen LogP contribution in [-0.2, 0) is 10.0 Å². The quantitative estimate of drug-likeness (QED) is 0.687. The van der Waals surface area contributed by atoms with Crippen molar-refractivity contribution in [2.75, 3.05) is 5.32 Å². The van der Waals surface area contributed by atoms with Gasteiger partial charge in [-0.25, -0.2) is 12.7 Å². The number of carbonyl (C=O) groups is 2. The van der Waals surface area contributed by atoms with E-state index in [1.807, 2.05) is 48.5 Å². The van der Waals surface area contributed by atoms with Gasteiger partial charge in [0, 0.05) is 22.9 Å². The molecule has 0 bridgehead atoms. The molecule has 1 N–H and O–H groups in total. The van der Waals surface area contributed by atoms with E-state index in [1.54, 1.807) is 19.9 Å². The van der Waals surface area contributed by atoms with E-state index in [0.717, 1.165) is 15.4 Å². The maximum Gasteiger partial charge on any atom is 0.269 e. The molecule has 152 valence electrons. The first kappa shape index (κ1) is 19.8. The number of hydrogen-bond acceptors (Lipinski definition) is 4. The van der Waals surface area contributed by atoms with Gasteiger partial charge in [0.25, 0.3) is 21.8 Å². The number of sulfonamides is 1. The summed E-state index contributed by atoms with van der Waals surface area (Å²) in [5, 5.41) is 2.86. The van der Waals surface area contributed by atoms with Gasteiger partial charge in [-0.1, -0.05) is 48.5 Å². The summed E-state index contributed by atoms with van der Waals surface area (Å²) in [6, 6.07) is 20.6. The topological polar surface area (TPSA) is 83.6 Å². The molecule has 6 nitrogen and oxygen atoms in total. The summed E-state index contributed by atoms with van der Waals surface area (Å²) in [4.78, 5) is 25.2. The van der Waals surface area contributed by atoms with Crippen molar-refractivity contribution in [1.82, 2.24) is 4.31 Å². The Morgan fingerprint density at radius 3 is 2.27 bits per heavy atom. The zero-order valence-electron chi connectivity index (χ0n) is 16.5. The van der Waals surface area contributed by atoms with Crippen LogP contribution in [0.1, 0.15) is 34.6 Å². The van der Waals surface area contributed by atoms with E-state index >= 15 is 0 Å². The fourth-order valence-corrected chi connectivity index (χ4v) is 5.35. The predicted molar refractivity (Wildman–Crippen MR) is 115 cm³/mol. The molecule has 1 heterocycles. The Labute approximate surface area is 175 Å². The van der Waals surface area contributed by atoms with Crippen LogP contribution in [0.15, 0.2) is 77.7 Å². The Morgan fingerprint density at radius 1 is 0.900 bits per heavy atom. The van der Waals surface area contributed by atoms with Crippen LogP contribution < -0.4 is 5.32 Å². The number of benzene rings is 3. The van der Waals surface area contributed by atoms with E-state index < -0.39 is 27.9 Å². The lowest BCUT2D eigenvalue weighted by molar-refractivity contribution is 0.0846. The Bertz CT molecular complexity index is 1250. The molecular formula is C23H20N2O4S. The number of nitrogens with zero attached hydrogens (tertiary/aromatic N) is 1. The summed E-state index contributed by atoms with van der Waals surface area (Å²) in [6.07, 6.45) is 0. The number of anilines is 1. The fraction of sp³-hybridized carbons (Fsp3) is 0.130. The van der Waals surface area contributed by atoms with Crippen molar-refractivity contribution in [3.63, 3.8) is 0 Å². The SMILES string of the molecule is CC(C)N1C(=O)c2ccc(C(=O)Nc3ccccc3-c3ccccc3)cc2S1(=O)=O. The molecule has 2 amide bonds. The van der Waals surface area contributed by atoms with Crippen molar-refractivity contribution in [2.24, 2.45) is 0 Å². The van der Waals surface area contributed by atoms with Crippen molar-refractivity contribution in [3.05, 3.63) is 83.9 Å². The Kier molecular flexibility index (Phi) is 4.91. The van der Waals surface area contributed by atoms with Gasteiger partial charge in [-0.15, -0.1) is 0 Å². The van der Waals surface area contributed by atoms with Crippen LogP contribution in [0.25, 0.3) is 11.1 Å². The van der Waals surface area contributed by atoms with Gasteiger partial charge >= 0.3 is 0 Å². The summed E-state index contributed by atoms with van der Waals surface area (Å²) >= 11 is 0. The van der Waals surface area contributed by atoms with Crippen LogP contribution >= 0.6 is 0 Å². The minimum Gasteiger partial charge on any atom is -0.321 e. The maximum absolute atomic E-state index is 12.9. The number of amides is 2. The third-order valence-corrected chi connectivity index (χ3v) is 6.94. The summed E-state index contributed by atoms with van der Waals surface area (Å²) in [5.41, 5.74) is 2.66. The van der Waals surface area contributed by atoms with Crippen LogP contribution in [0.3, 0.4) is 0 Å². The molecule has 3 aromatic rings. The molecular weight excluding hydrogens is 400 g/mol. The second-order valence-corrected chi connectivity index (χ2v) is 9.06. The van der Waals surface area contributed by atoms with Crippen LogP contribution in [0, 0.1) is 0 Å². The van der Waals surface area contributed by atoms with Crippen LogP contribution in [0.2, 0.25) is 0 Å². The minimum atomic E-state index is -3.97. The Balaban J connectivity index is 1.68. The van der Waals surface area contributed by atoms with Crippen molar-refractivity contribution in [3.8, 4) is 11.1 Å². The molecule has 30 heavy (non-hydrogen) atoms. The van der Waals surface area contributed by atoms with E-state index in [2.05, 4.69) is 5.32 Å². The molecule has 7 heteroatoms. The fourth-order valence-electron chi connectivity index (χ4n) is 3.56. The molecule has 0 saturated carbocycles. The van der Waals surface area contributed by atoms with Crippen LogP contribution in [-0.4, -0.2) is 30.6 Å². The first-order valence-electron chi connectivity index (χ1n) is 9.49. The molecule has 0 fully saturated rings. The van der Waals surface area contributed by atoms with Crippen molar-refractivity contribution >= 4 is 27.5 Å². The number of carbonyl (C=O) groups excluding carboxylic acids is 2. The summed E-state index contributed by atoms with van der Waals surface area (Å²) in [7, 11) is -3.97. The third-order valence-electron chi connectivity index (χ3n) is 4.94. The lowest BCUT2D eigenvalue weighted by Crippen LogP contribution is -2.36. The summed E-state index contributed by atoms with van der Waals surface area (Å²) in [5.74, 6) is -1.02. The Morgan fingerprint density at radius 2 is 1.57 bits per heavy atom. The van der Waals surface area contributed by atoms with Crippen molar-refractivity contribution < 1.29 is 18.0 Å². The minimum absolute atomic E-state index is 0.0879. The zero-order chi connectivity index (χ0) is 21.5. The molecule has 0 saturated heterocycles. The number of hydrogen-bond donors (Lipinski definition) is 1. The molecule has 0 spiro atoms. The highest BCUT2D eigenvalue weighted by Gasteiger charge is 2.42. The van der Waals surface area contributed by atoms with Gasteiger partial charge in [0.05, 0.1) is 5.56 Å². The molecule has 0 atom stereocenters. The number of fused-ring (bicyclic) bond motifs is 1. The van der Waals surface area contributed by atoms with E-state index in [4.69, 9.17) is 0 Å². The Hall–Kier alpha value is -3.45. The lowest BCUT2D eigenvalue weighted by atomic mass is 10.0. The number of para-hydroxylation sites is 1. The highest BCUT2D eigenvalue weighted by atomic mass is 32.2. The van der Waals surface area contributed by atoms with Gasteiger partial charge in [-0.05, 0) is 43.7 Å². The average molecular weight is 420 g/mol. The smallest absolute Gasteiger partial charge is 0.269 e. The normalized spacial score (nSPS) is 14.6.